The second kappa shape index (κ2) is 6.68. The van der Waals surface area contributed by atoms with Crippen LogP contribution in [-0.4, -0.2) is 42.5 Å². The smallest absolute Gasteiger partial charge is 0.272 e. The molecule has 1 aliphatic heterocycles. The number of pyridine rings is 1. The zero-order valence-electron chi connectivity index (χ0n) is 12.9. The topological polar surface area (TPSA) is 67.3 Å². The van der Waals surface area contributed by atoms with Crippen molar-refractivity contribution in [3.8, 4) is 0 Å². The Balaban J connectivity index is 1.80. The summed E-state index contributed by atoms with van der Waals surface area (Å²) in [5, 5.41) is -0.690. The standard InChI is InChI=1S/C17H17FN2O3S/c18-13-6-8-14(9-7-13)24(22,23)15-4-3-11-20(12-15)17(21)16-5-1-2-10-19-16/h1-2,5-10,15H,3-4,11-12H2. The molecule has 1 aliphatic rings. The molecule has 126 valence electrons. The predicted octanol–water partition coefficient (Wildman–Crippen LogP) is 2.30. The molecule has 0 spiro atoms. The summed E-state index contributed by atoms with van der Waals surface area (Å²) in [6.07, 6.45) is 2.61. The molecule has 1 atom stereocenters. The number of piperidine rings is 1. The first-order valence-corrected chi connectivity index (χ1v) is 9.23. The number of rotatable bonds is 3. The first-order chi connectivity index (χ1) is 11.5. The largest absolute Gasteiger partial charge is 0.336 e. The molecule has 3 rings (SSSR count). The van der Waals surface area contributed by atoms with Crippen LogP contribution in [0.25, 0.3) is 0 Å². The zero-order valence-corrected chi connectivity index (χ0v) is 13.7. The Bertz CT molecular complexity index is 823. The van der Waals surface area contributed by atoms with Gasteiger partial charge in [-0.1, -0.05) is 6.07 Å². The molecule has 1 fully saturated rings. The highest BCUT2D eigenvalue weighted by Gasteiger charge is 2.34. The second-order valence-electron chi connectivity index (χ2n) is 5.73. The van der Waals surface area contributed by atoms with E-state index in [0.717, 1.165) is 12.1 Å². The summed E-state index contributed by atoms with van der Waals surface area (Å²) in [7, 11) is -3.61. The maximum atomic E-state index is 13.0. The molecule has 1 unspecified atom stereocenters. The lowest BCUT2D eigenvalue weighted by atomic mass is 10.1. The fourth-order valence-electron chi connectivity index (χ4n) is 2.84. The highest BCUT2D eigenvalue weighted by atomic mass is 32.2. The van der Waals surface area contributed by atoms with Crippen molar-refractivity contribution >= 4 is 15.7 Å². The Labute approximate surface area is 140 Å². The third-order valence-corrected chi connectivity index (χ3v) is 6.32. The van der Waals surface area contributed by atoms with E-state index in [1.54, 1.807) is 18.2 Å². The van der Waals surface area contributed by atoms with Crippen LogP contribution < -0.4 is 0 Å². The van der Waals surface area contributed by atoms with Crippen LogP contribution >= 0.6 is 0 Å². The van der Waals surface area contributed by atoms with Gasteiger partial charge in [0.25, 0.3) is 5.91 Å². The van der Waals surface area contributed by atoms with Crippen LogP contribution in [0.5, 0.6) is 0 Å². The van der Waals surface area contributed by atoms with E-state index in [2.05, 4.69) is 4.98 Å². The van der Waals surface area contributed by atoms with Crippen LogP contribution in [0.4, 0.5) is 4.39 Å². The van der Waals surface area contributed by atoms with Crippen molar-refractivity contribution in [1.29, 1.82) is 0 Å². The first kappa shape index (κ1) is 16.6. The summed E-state index contributed by atoms with van der Waals surface area (Å²) < 4.78 is 38.5. The molecule has 2 heterocycles. The molecule has 0 radical (unpaired) electrons. The van der Waals surface area contributed by atoms with E-state index >= 15 is 0 Å². The van der Waals surface area contributed by atoms with Crippen molar-refractivity contribution in [2.24, 2.45) is 0 Å². The normalized spacial score (nSPS) is 18.4. The SMILES string of the molecule is O=C(c1ccccn1)N1CCCC(S(=O)(=O)c2ccc(F)cc2)C1. The monoisotopic (exact) mass is 348 g/mol. The Kier molecular flexibility index (Phi) is 4.62. The summed E-state index contributed by atoms with van der Waals surface area (Å²) >= 11 is 0. The molecule has 2 aromatic rings. The van der Waals surface area contributed by atoms with Gasteiger partial charge >= 0.3 is 0 Å². The number of nitrogens with zero attached hydrogens (tertiary/aromatic N) is 2. The van der Waals surface area contributed by atoms with Crippen molar-refractivity contribution < 1.29 is 17.6 Å². The predicted molar refractivity (Wildman–Crippen MR) is 86.7 cm³/mol. The number of hydrogen-bond donors (Lipinski definition) is 0. The third-order valence-electron chi connectivity index (χ3n) is 4.13. The van der Waals surface area contributed by atoms with Crippen molar-refractivity contribution in [3.05, 3.63) is 60.2 Å². The van der Waals surface area contributed by atoms with Crippen molar-refractivity contribution in [2.45, 2.75) is 23.0 Å². The molecular weight excluding hydrogens is 331 g/mol. The quantitative estimate of drug-likeness (QED) is 0.798. The van der Waals surface area contributed by atoms with Gasteiger partial charge < -0.3 is 4.90 Å². The Morgan fingerprint density at radius 3 is 2.58 bits per heavy atom. The fourth-order valence-corrected chi connectivity index (χ4v) is 4.60. The highest BCUT2D eigenvalue weighted by Crippen LogP contribution is 2.24. The minimum atomic E-state index is -3.61. The highest BCUT2D eigenvalue weighted by molar-refractivity contribution is 7.92. The second-order valence-corrected chi connectivity index (χ2v) is 7.96. The van der Waals surface area contributed by atoms with Crippen molar-refractivity contribution in [1.82, 2.24) is 9.88 Å². The maximum Gasteiger partial charge on any atom is 0.272 e. The average molecular weight is 348 g/mol. The number of carbonyl (C=O) groups is 1. The summed E-state index contributed by atoms with van der Waals surface area (Å²) in [6, 6.07) is 9.85. The number of halogens is 1. The minimum absolute atomic E-state index is 0.0843. The fraction of sp³-hybridized carbons (Fsp3) is 0.294. The molecule has 0 saturated carbocycles. The average Bonchev–Trinajstić information content (AvgIpc) is 2.62. The number of benzene rings is 1. The van der Waals surface area contributed by atoms with Gasteiger partial charge in [0, 0.05) is 19.3 Å². The van der Waals surface area contributed by atoms with Gasteiger partial charge in [-0.15, -0.1) is 0 Å². The van der Waals surface area contributed by atoms with Gasteiger partial charge in [-0.3, -0.25) is 9.78 Å². The Morgan fingerprint density at radius 1 is 1.17 bits per heavy atom. The lowest BCUT2D eigenvalue weighted by molar-refractivity contribution is 0.0721. The number of amides is 1. The van der Waals surface area contributed by atoms with Crippen LogP contribution in [0, 0.1) is 5.82 Å². The summed E-state index contributed by atoms with van der Waals surface area (Å²) in [5.74, 6) is -0.751. The Morgan fingerprint density at radius 2 is 1.92 bits per heavy atom. The van der Waals surface area contributed by atoms with Gasteiger partial charge in [-0.2, -0.15) is 0 Å². The molecule has 1 aromatic heterocycles. The zero-order chi connectivity index (χ0) is 17.2. The van der Waals surface area contributed by atoms with Gasteiger partial charge in [0.15, 0.2) is 9.84 Å². The number of hydrogen-bond acceptors (Lipinski definition) is 4. The minimum Gasteiger partial charge on any atom is -0.336 e. The number of sulfone groups is 1. The molecule has 0 N–H and O–H groups in total. The first-order valence-electron chi connectivity index (χ1n) is 7.68. The van der Waals surface area contributed by atoms with Gasteiger partial charge in [0.2, 0.25) is 0 Å². The van der Waals surface area contributed by atoms with Gasteiger partial charge in [0.05, 0.1) is 10.1 Å². The lowest BCUT2D eigenvalue weighted by Crippen LogP contribution is -2.45. The van der Waals surface area contributed by atoms with Crippen LogP contribution in [0.15, 0.2) is 53.6 Å². The van der Waals surface area contributed by atoms with Crippen LogP contribution in [0.1, 0.15) is 23.3 Å². The van der Waals surface area contributed by atoms with Crippen LogP contribution in [0.2, 0.25) is 0 Å². The van der Waals surface area contributed by atoms with Crippen LogP contribution in [0.3, 0.4) is 0 Å². The summed E-state index contributed by atoms with van der Waals surface area (Å²) in [6.45, 7) is 0.625. The van der Waals surface area contributed by atoms with Crippen molar-refractivity contribution in [2.75, 3.05) is 13.1 Å². The number of aromatic nitrogens is 1. The third kappa shape index (κ3) is 3.31. The van der Waals surface area contributed by atoms with E-state index in [9.17, 15) is 17.6 Å². The lowest BCUT2D eigenvalue weighted by Gasteiger charge is -2.32. The molecule has 0 aliphatic carbocycles. The van der Waals surface area contributed by atoms with E-state index < -0.39 is 20.9 Å². The van der Waals surface area contributed by atoms with E-state index in [1.165, 1.54) is 23.2 Å². The molecule has 1 amide bonds. The van der Waals surface area contributed by atoms with E-state index in [4.69, 9.17) is 0 Å². The summed E-state index contributed by atoms with van der Waals surface area (Å²) in [5.41, 5.74) is 0.303. The van der Waals surface area contributed by atoms with E-state index in [-0.39, 0.29) is 17.3 Å². The van der Waals surface area contributed by atoms with E-state index in [1.807, 2.05) is 0 Å². The molecule has 7 heteroatoms. The number of likely N-dealkylation sites (tertiary alicyclic amines) is 1. The van der Waals surface area contributed by atoms with Gasteiger partial charge in [0.1, 0.15) is 11.5 Å². The van der Waals surface area contributed by atoms with Gasteiger partial charge in [-0.05, 0) is 49.2 Å². The molecule has 1 aromatic carbocycles. The maximum absolute atomic E-state index is 13.0. The molecule has 0 bridgehead atoms. The van der Waals surface area contributed by atoms with Crippen molar-refractivity contribution in [3.63, 3.8) is 0 Å². The molecule has 5 nitrogen and oxygen atoms in total. The summed E-state index contributed by atoms with van der Waals surface area (Å²) in [4.78, 5) is 18.1. The molecule has 1 saturated heterocycles. The van der Waals surface area contributed by atoms with Crippen LogP contribution in [-0.2, 0) is 9.84 Å². The Hall–Kier alpha value is -2.28. The molecule has 24 heavy (non-hydrogen) atoms. The molecular formula is C17H17FN2O3S. The van der Waals surface area contributed by atoms with E-state index in [0.29, 0.717) is 25.1 Å². The van der Waals surface area contributed by atoms with Gasteiger partial charge in [-0.25, -0.2) is 12.8 Å². The number of carbonyl (C=O) groups excluding carboxylic acids is 1.